The first kappa shape index (κ1) is 19.0. The average Bonchev–Trinajstić information content (AvgIpc) is 3.06. The molecule has 2 aromatic rings. The fraction of sp³-hybridized carbons (Fsp3) is 0.545. The van der Waals surface area contributed by atoms with E-state index in [1.165, 1.54) is 30.2 Å². The van der Waals surface area contributed by atoms with Gasteiger partial charge in [-0.3, -0.25) is 14.5 Å². The van der Waals surface area contributed by atoms with Crippen LogP contribution in [-0.2, 0) is 22.6 Å². The van der Waals surface area contributed by atoms with Crippen LogP contribution in [0.2, 0.25) is 0 Å². The maximum Gasteiger partial charge on any atom is 0.244 e. The molecular formula is C22H29N3O3. The van der Waals surface area contributed by atoms with Gasteiger partial charge in [0.05, 0.1) is 6.54 Å². The first-order chi connectivity index (χ1) is 13.7. The Morgan fingerprint density at radius 1 is 1.14 bits per heavy atom. The molecule has 4 rings (SSSR count). The minimum Gasteiger partial charge on any atom is -0.461 e. The summed E-state index contributed by atoms with van der Waals surface area (Å²) in [7, 11) is 0. The van der Waals surface area contributed by atoms with Crippen molar-refractivity contribution >= 4 is 22.8 Å². The zero-order chi connectivity index (χ0) is 19.5. The number of fused-ring (bicyclic) bond motifs is 2. The van der Waals surface area contributed by atoms with Crippen molar-refractivity contribution in [1.29, 1.82) is 0 Å². The Kier molecular flexibility index (Phi) is 5.67. The highest BCUT2D eigenvalue weighted by Crippen LogP contribution is 2.29. The average molecular weight is 383 g/mol. The molecule has 2 saturated heterocycles. The second kappa shape index (κ2) is 8.35. The van der Waals surface area contributed by atoms with Gasteiger partial charge in [-0.25, -0.2) is 0 Å². The van der Waals surface area contributed by atoms with Crippen molar-refractivity contribution in [3.63, 3.8) is 0 Å². The predicted molar refractivity (Wildman–Crippen MR) is 108 cm³/mol. The molecule has 1 aromatic heterocycles. The molecule has 1 aromatic carbocycles. The summed E-state index contributed by atoms with van der Waals surface area (Å²) in [6.07, 6.45) is 5.78. The summed E-state index contributed by atoms with van der Waals surface area (Å²) in [5.41, 5.74) is 2.18. The van der Waals surface area contributed by atoms with Crippen LogP contribution in [0, 0.1) is 0 Å². The summed E-state index contributed by atoms with van der Waals surface area (Å²) in [6.45, 7) is 5.07. The number of aryl methyl sites for hydroxylation is 1. The van der Waals surface area contributed by atoms with Gasteiger partial charge >= 0.3 is 0 Å². The van der Waals surface area contributed by atoms with Gasteiger partial charge in [0.1, 0.15) is 17.4 Å². The zero-order valence-electron chi connectivity index (χ0n) is 16.6. The smallest absolute Gasteiger partial charge is 0.244 e. The maximum absolute atomic E-state index is 12.3. The van der Waals surface area contributed by atoms with Crippen molar-refractivity contribution in [2.45, 2.75) is 51.6 Å². The van der Waals surface area contributed by atoms with Crippen molar-refractivity contribution in [1.82, 2.24) is 15.1 Å². The number of rotatable bonds is 7. The number of unbranched alkanes of at least 4 members (excludes halogenated alkanes) is 3. The molecule has 0 saturated carbocycles. The Labute approximate surface area is 165 Å². The molecule has 2 fully saturated rings. The highest BCUT2D eigenvalue weighted by atomic mass is 16.3. The van der Waals surface area contributed by atoms with Crippen LogP contribution in [0.25, 0.3) is 11.0 Å². The molecule has 6 nitrogen and oxygen atoms in total. The third-order valence-corrected chi connectivity index (χ3v) is 5.92. The lowest BCUT2D eigenvalue weighted by Crippen LogP contribution is -2.65. The SMILES string of the molecule is CCCCCCc1oc2ccccc2c1CN1CCN2C(=O)CNC(=O)[C@@H]2C1. The third-order valence-electron chi connectivity index (χ3n) is 5.92. The van der Waals surface area contributed by atoms with E-state index in [9.17, 15) is 9.59 Å². The van der Waals surface area contributed by atoms with E-state index in [4.69, 9.17) is 4.42 Å². The quantitative estimate of drug-likeness (QED) is 0.747. The van der Waals surface area contributed by atoms with Gasteiger partial charge in [0.2, 0.25) is 11.8 Å². The second-order valence-corrected chi connectivity index (χ2v) is 7.87. The molecule has 2 aliphatic heterocycles. The minimum absolute atomic E-state index is 0.0228. The standard InChI is InChI=1S/C22H29N3O3/c1-2-3-4-5-9-20-17(16-8-6-7-10-19(16)28-20)14-24-11-12-25-18(15-24)22(27)23-13-21(25)26/h6-8,10,18H,2-5,9,11-15H2,1H3,(H,23,27)/t18-/m0/s1. The maximum atomic E-state index is 12.3. The monoisotopic (exact) mass is 383 g/mol. The number of nitrogens with zero attached hydrogens (tertiary/aromatic N) is 2. The normalized spacial score (nSPS) is 20.5. The van der Waals surface area contributed by atoms with E-state index in [1.54, 1.807) is 4.90 Å². The number of carbonyl (C=O) groups is 2. The summed E-state index contributed by atoms with van der Waals surface area (Å²) in [5.74, 6) is 1.06. The van der Waals surface area contributed by atoms with E-state index in [1.807, 2.05) is 18.2 Å². The Bertz CT molecular complexity index is 860. The summed E-state index contributed by atoms with van der Waals surface area (Å²) < 4.78 is 6.20. The lowest BCUT2D eigenvalue weighted by molar-refractivity contribution is -0.149. The summed E-state index contributed by atoms with van der Waals surface area (Å²) in [5, 5.41) is 3.88. The van der Waals surface area contributed by atoms with Gasteiger partial charge in [0, 0.05) is 43.5 Å². The van der Waals surface area contributed by atoms with Gasteiger partial charge in [-0.2, -0.15) is 0 Å². The zero-order valence-corrected chi connectivity index (χ0v) is 16.6. The van der Waals surface area contributed by atoms with E-state index in [0.29, 0.717) is 13.1 Å². The number of benzene rings is 1. The molecule has 0 radical (unpaired) electrons. The molecule has 0 unspecified atom stereocenters. The van der Waals surface area contributed by atoms with Crippen molar-refractivity contribution in [3.8, 4) is 0 Å². The molecule has 28 heavy (non-hydrogen) atoms. The Morgan fingerprint density at radius 2 is 2.00 bits per heavy atom. The molecule has 0 aliphatic carbocycles. The van der Waals surface area contributed by atoms with Gasteiger partial charge < -0.3 is 14.6 Å². The molecule has 0 bridgehead atoms. The van der Waals surface area contributed by atoms with Gasteiger partial charge in [-0.15, -0.1) is 0 Å². The van der Waals surface area contributed by atoms with E-state index >= 15 is 0 Å². The molecule has 0 spiro atoms. The fourth-order valence-electron chi connectivity index (χ4n) is 4.35. The number of nitrogens with one attached hydrogen (secondary N) is 1. The molecule has 2 aliphatic rings. The van der Waals surface area contributed by atoms with Crippen LogP contribution >= 0.6 is 0 Å². The second-order valence-electron chi connectivity index (χ2n) is 7.87. The molecule has 2 amide bonds. The number of carbonyl (C=O) groups excluding carboxylic acids is 2. The topological polar surface area (TPSA) is 65.8 Å². The van der Waals surface area contributed by atoms with Gasteiger partial charge in [-0.05, 0) is 12.5 Å². The Balaban J connectivity index is 1.52. The Morgan fingerprint density at radius 3 is 2.86 bits per heavy atom. The first-order valence-corrected chi connectivity index (χ1v) is 10.5. The molecule has 1 N–H and O–H groups in total. The summed E-state index contributed by atoms with van der Waals surface area (Å²) in [4.78, 5) is 28.3. The van der Waals surface area contributed by atoms with E-state index in [2.05, 4.69) is 23.2 Å². The number of amides is 2. The molecule has 150 valence electrons. The predicted octanol–water partition coefficient (Wildman–Crippen LogP) is 2.70. The van der Waals surface area contributed by atoms with E-state index in [0.717, 1.165) is 37.3 Å². The number of hydrogen-bond donors (Lipinski definition) is 1. The summed E-state index contributed by atoms with van der Waals surface area (Å²) in [6, 6.07) is 7.83. The van der Waals surface area contributed by atoms with Crippen LogP contribution < -0.4 is 5.32 Å². The van der Waals surface area contributed by atoms with Crippen molar-refractivity contribution in [2.24, 2.45) is 0 Å². The van der Waals surface area contributed by atoms with Crippen LogP contribution in [0.15, 0.2) is 28.7 Å². The summed E-state index contributed by atoms with van der Waals surface area (Å²) >= 11 is 0. The number of hydrogen-bond acceptors (Lipinski definition) is 4. The molecule has 3 heterocycles. The first-order valence-electron chi connectivity index (χ1n) is 10.5. The fourth-order valence-corrected chi connectivity index (χ4v) is 4.35. The van der Waals surface area contributed by atoms with Crippen molar-refractivity contribution in [3.05, 3.63) is 35.6 Å². The van der Waals surface area contributed by atoms with Crippen LogP contribution in [0.5, 0.6) is 0 Å². The van der Waals surface area contributed by atoms with Crippen molar-refractivity contribution in [2.75, 3.05) is 26.2 Å². The number of furan rings is 1. The van der Waals surface area contributed by atoms with Crippen LogP contribution in [-0.4, -0.2) is 53.8 Å². The lowest BCUT2D eigenvalue weighted by Gasteiger charge is -2.42. The van der Waals surface area contributed by atoms with E-state index in [-0.39, 0.29) is 24.4 Å². The van der Waals surface area contributed by atoms with Crippen LogP contribution in [0.1, 0.15) is 43.9 Å². The van der Waals surface area contributed by atoms with E-state index < -0.39 is 0 Å². The van der Waals surface area contributed by atoms with Crippen LogP contribution in [0.4, 0.5) is 0 Å². The molecule has 6 heteroatoms. The molecule has 1 atom stereocenters. The van der Waals surface area contributed by atoms with Crippen molar-refractivity contribution < 1.29 is 14.0 Å². The third kappa shape index (κ3) is 3.78. The highest BCUT2D eigenvalue weighted by molar-refractivity contribution is 5.95. The van der Waals surface area contributed by atoms with Crippen LogP contribution in [0.3, 0.4) is 0 Å². The Hall–Kier alpha value is -2.34. The minimum atomic E-state index is -0.374. The number of para-hydroxylation sites is 1. The largest absolute Gasteiger partial charge is 0.461 e. The van der Waals surface area contributed by atoms with Gasteiger partial charge in [-0.1, -0.05) is 44.4 Å². The number of piperazine rings is 2. The van der Waals surface area contributed by atoms with Gasteiger partial charge in [0.25, 0.3) is 0 Å². The lowest BCUT2D eigenvalue weighted by atomic mass is 10.0. The molecular weight excluding hydrogens is 354 g/mol. The van der Waals surface area contributed by atoms with Gasteiger partial charge in [0.15, 0.2) is 0 Å². The highest BCUT2D eigenvalue weighted by Gasteiger charge is 2.38.